The molecule has 0 fully saturated rings. The normalized spacial score (nSPS) is 11.0. The van der Waals surface area contributed by atoms with E-state index in [1.54, 1.807) is 0 Å². The van der Waals surface area contributed by atoms with E-state index in [0.29, 0.717) is 0 Å². The number of likely N-dealkylation sites (N-methyl/N-ethyl adjacent to an activating group) is 1. The van der Waals surface area contributed by atoms with Gasteiger partial charge in [0.05, 0.1) is 33.7 Å². The van der Waals surface area contributed by atoms with Gasteiger partial charge in [-0.25, -0.2) is 0 Å². The minimum Gasteiger partial charge on any atom is -0.347 e. The molecular formula is C10H21N2O+. The number of quaternary nitrogens is 1. The van der Waals surface area contributed by atoms with Crippen LogP contribution in [0.4, 0.5) is 0 Å². The van der Waals surface area contributed by atoms with Crippen molar-refractivity contribution in [2.45, 2.75) is 13.3 Å². The summed E-state index contributed by atoms with van der Waals surface area (Å²) in [6.45, 7) is 8.39. The van der Waals surface area contributed by atoms with Gasteiger partial charge in [0.15, 0.2) is 0 Å². The summed E-state index contributed by atoms with van der Waals surface area (Å²) in [5.74, 6) is -0.0866. The fraction of sp³-hybridized carbons (Fsp3) is 0.700. The van der Waals surface area contributed by atoms with Gasteiger partial charge in [0, 0.05) is 0 Å². The molecule has 0 heterocycles. The molecule has 0 saturated heterocycles. The van der Waals surface area contributed by atoms with E-state index in [0.717, 1.165) is 24.1 Å². The monoisotopic (exact) mass is 185 g/mol. The van der Waals surface area contributed by atoms with Gasteiger partial charge >= 0.3 is 0 Å². The van der Waals surface area contributed by atoms with Crippen LogP contribution in [0, 0.1) is 0 Å². The SMILES string of the molecule is C=CC(=O)NCC[N+](C)(C)CCC. The van der Waals surface area contributed by atoms with E-state index in [2.05, 4.69) is 32.9 Å². The molecule has 0 aliphatic heterocycles. The first-order valence-electron chi connectivity index (χ1n) is 4.74. The molecule has 0 aliphatic rings. The molecule has 0 aliphatic carbocycles. The highest BCUT2D eigenvalue weighted by atomic mass is 16.1. The highest BCUT2D eigenvalue weighted by Gasteiger charge is 2.12. The maximum absolute atomic E-state index is 10.8. The predicted octanol–water partition coefficient (Wildman–Crippen LogP) is 0.775. The minimum atomic E-state index is -0.0866. The van der Waals surface area contributed by atoms with E-state index in [4.69, 9.17) is 0 Å². The van der Waals surface area contributed by atoms with E-state index in [1.807, 2.05) is 0 Å². The fourth-order valence-electron chi connectivity index (χ4n) is 1.27. The van der Waals surface area contributed by atoms with Crippen molar-refractivity contribution in [3.05, 3.63) is 12.7 Å². The molecule has 0 aromatic carbocycles. The van der Waals surface area contributed by atoms with Crippen molar-refractivity contribution in [3.8, 4) is 0 Å². The summed E-state index contributed by atoms with van der Waals surface area (Å²) < 4.78 is 0.952. The van der Waals surface area contributed by atoms with Gasteiger partial charge < -0.3 is 9.80 Å². The molecule has 3 heteroatoms. The first kappa shape index (κ1) is 12.2. The highest BCUT2D eigenvalue weighted by Crippen LogP contribution is 1.96. The summed E-state index contributed by atoms with van der Waals surface area (Å²) in [7, 11) is 4.34. The van der Waals surface area contributed by atoms with E-state index in [1.165, 1.54) is 12.5 Å². The second kappa shape index (κ2) is 5.75. The van der Waals surface area contributed by atoms with Crippen LogP contribution >= 0.6 is 0 Å². The third-order valence-electron chi connectivity index (χ3n) is 2.03. The fourth-order valence-corrected chi connectivity index (χ4v) is 1.27. The third-order valence-corrected chi connectivity index (χ3v) is 2.03. The standard InChI is InChI=1S/C10H20N2O/c1-5-8-12(3,4)9-7-11-10(13)6-2/h6H,2,5,7-9H2,1,3-4H3/p+1. The molecular weight excluding hydrogens is 164 g/mol. The zero-order valence-corrected chi connectivity index (χ0v) is 8.97. The molecule has 0 aromatic rings. The van der Waals surface area contributed by atoms with E-state index in [-0.39, 0.29) is 5.91 Å². The molecule has 0 aromatic heterocycles. The van der Waals surface area contributed by atoms with Crippen LogP contribution in [-0.4, -0.2) is 44.1 Å². The van der Waals surface area contributed by atoms with Crippen molar-refractivity contribution in [2.75, 3.05) is 33.7 Å². The maximum atomic E-state index is 10.8. The van der Waals surface area contributed by atoms with Gasteiger partial charge in [-0.05, 0) is 12.5 Å². The van der Waals surface area contributed by atoms with Crippen molar-refractivity contribution in [3.63, 3.8) is 0 Å². The summed E-state index contributed by atoms with van der Waals surface area (Å²) in [5.41, 5.74) is 0. The Morgan fingerprint density at radius 3 is 2.54 bits per heavy atom. The van der Waals surface area contributed by atoms with Crippen molar-refractivity contribution < 1.29 is 9.28 Å². The third kappa shape index (κ3) is 6.34. The lowest BCUT2D eigenvalue weighted by Gasteiger charge is -2.29. The summed E-state index contributed by atoms with van der Waals surface area (Å²) >= 11 is 0. The minimum absolute atomic E-state index is 0.0866. The molecule has 0 saturated carbocycles. The van der Waals surface area contributed by atoms with Crippen LogP contribution < -0.4 is 5.32 Å². The Balaban J connectivity index is 3.62. The Kier molecular flexibility index (Phi) is 5.39. The molecule has 1 amide bonds. The van der Waals surface area contributed by atoms with Crippen LogP contribution in [-0.2, 0) is 4.79 Å². The molecule has 0 radical (unpaired) electrons. The lowest BCUT2D eigenvalue weighted by atomic mass is 10.3. The van der Waals surface area contributed by atoms with E-state index in [9.17, 15) is 4.79 Å². The summed E-state index contributed by atoms with van der Waals surface area (Å²) in [5, 5.41) is 2.77. The van der Waals surface area contributed by atoms with Gasteiger partial charge in [-0.15, -0.1) is 0 Å². The second-order valence-electron chi connectivity index (χ2n) is 3.88. The average Bonchev–Trinajstić information content (AvgIpc) is 2.03. The zero-order valence-electron chi connectivity index (χ0n) is 8.97. The zero-order chi connectivity index (χ0) is 10.3. The van der Waals surface area contributed by atoms with E-state index >= 15 is 0 Å². The number of nitrogens with one attached hydrogen (secondary N) is 1. The molecule has 0 spiro atoms. The molecule has 0 bridgehead atoms. The molecule has 13 heavy (non-hydrogen) atoms. The largest absolute Gasteiger partial charge is 0.347 e. The summed E-state index contributed by atoms with van der Waals surface area (Å²) in [6.07, 6.45) is 2.47. The van der Waals surface area contributed by atoms with Gasteiger partial charge in [-0.3, -0.25) is 4.79 Å². The quantitative estimate of drug-likeness (QED) is 0.481. The number of hydrogen-bond donors (Lipinski definition) is 1. The van der Waals surface area contributed by atoms with Crippen LogP contribution in [0.1, 0.15) is 13.3 Å². The summed E-state index contributed by atoms with van der Waals surface area (Å²) in [4.78, 5) is 10.8. The molecule has 0 rings (SSSR count). The van der Waals surface area contributed by atoms with Gasteiger partial charge in [-0.2, -0.15) is 0 Å². The first-order valence-corrected chi connectivity index (χ1v) is 4.74. The average molecular weight is 185 g/mol. The topological polar surface area (TPSA) is 29.1 Å². The second-order valence-corrected chi connectivity index (χ2v) is 3.88. The smallest absolute Gasteiger partial charge is 0.243 e. The number of nitrogens with zero attached hydrogens (tertiary/aromatic N) is 1. The number of carbonyl (C=O) groups is 1. The van der Waals surface area contributed by atoms with Gasteiger partial charge in [0.2, 0.25) is 5.91 Å². The van der Waals surface area contributed by atoms with Crippen molar-refractivity contribution in [1.29, 1.82) is 0 Å². The Morgan fingerprint density at radius 2 is 2.08 bits per heavy atom. The number of hydrogen-bond acceptors (Lipinski definition) is 1. The molecule has 76 valence electrons. The molecule has 3 nitrogen and oxygen atoms in total. The summed E-state index contributed by atoms with van der Waals surface area (Å²) in [6, 6.07) is 0. The van der Waals surface area contributed by atoms with Gasteiger partial charge in [0.1, 0.15) is 0 Å². The van der Waals surface area contributed by atoms with Crippen LogP contribution in [0.25, 0.3) is 0 Å². The van der Waals surface area contributed by atoms with Crippen LogP contribution in [0.15, 0.2) is 12.7 Å². The van der Waals surface area contributed by atoms with Crippen molar-refractivity contribution in [2.24, 2.45) is 0 Å². The Hall–Kier alpha value is -0.830. The number of amides is 1. The highest BCUT2D eigenvalue weighted by molar-refractivity contribution is 5.86. The molecule has 0 unspecified atom stereocenters. The Morgan fingerprint density at radius 1 is 1.46 bits per heavy atom. The van der Waals surface area contributed by atoms with Crippen LogP contribution in [0.3, 0.4) is 0 Å². The van der Waals surface area contributed by atoms with Gasteiger partial charge in [-0.1, -0.05) is 13.5 Å². The first-order chi connectivity index (χ1) is 6.02. The molecule has 1 N–H and O–H groups in total. The van der Waals surface area contributed by atoms with Crippen LogP contribution in [0.2, 0.25) is 0 Å². The maximum Gasteiger partial charge on any atom is 0.243 e. The van der Waals surface area contributed by atoms with Crippen LogP contribution in [0.5, 0.6) is 0 Å². The van der Waals surface area contributed by atoms with Gasteiger partial charge in [0.25, 0.3) is 0 Å². The lowest BCUT2D eigenvalue weighted by Crippen LogP contribution is -2.45. The lowest BCUT2D eigenvalue weighted by molar-refractivity contribution is -0.889. The Labute approximate surface area is 81.0 Å². The predicted molar refractivity (Wildman–Crippen MR) is 55.3 cm³/mol. The van der Waals surface area contributed by atoms with E-state index < -0.39 is 0 Å². The number of carbonyl (C=O) groups excluding carboxylic acids is 1. The number of rotatable bonds is 6. The van der Waals surface area contributed by atoms with Crippen molar-refractivity contribution in [1.82, 2.24) is 5.32 Å². The van der Waals surface area contributed by atoms with Crippen molar-refractivity contribution >= 4 is 5.91 Å². The Bertz CT molecular complexity index is 176. The molecule has 0 atom stereocenters.